The zero-order valence-electron chi connectivity index (χ0n) is 8.29. The number of carbonyl (C=O) groups excluding carboxylic acids is 2. The topological polar surface area (TPSA) is 43.4 Å². The first-order valence-corrected chi connectivity index (χ1v) is 7.73. The van der Waals surface area contributed by atoms with Crippen molar-refractivity contribution < 1.29 is 14.3 Å². The third-order valence-corrected chi connectivity index (χ3v) is 4.88. The van der Waals surface area contributed by atoms with Crippen molar-refractivity contribution >= 4 is 66.7 Å². The normalized spacial score (nSPS) is 10.2. The summed E-state index contributed by atoms with van der Waals surface area (Å²) in [4.78, 5) is 22.6. The van der Waals surface area contributed by atoms with E-state index in [2.05, 4.69) is 36.6 Å². The summed E-state index contributed by atoms with van der Waals surface area (Å²) in [5.74, 6) is 0.160. The molecule has 0 aliphatic rings. The number of ether oxygens (including phenoxy) is 1. The Balaban J connectivity index is 2.47. The minimum atomic E-state index is -0.316. The number of thiophene rings is 1. The Morgan fingerprint density at radius 3 is 2.62 bits per heavy atom. The first-order chi connectivity index (χ1) is 7.54. The second kappa shape index (κ2) is 6.78. The Morgan fingerprint density at radius 1 is 1.44 bits per heavy atom. The molecule has 0 fully saturated rings. The van der Waals surface area contributed by atoms with Crippen LogP contribution in [0.2, 0.25) is 0 Å². The van der Waals surface area contributed by atoms with Crippen LogP contribution in [0.25, 0.3) is 0 Å². The van der Waals surface area contributed by atoms with E-state index >= 15 is 0 Å². The van der Waals surface area contributed by atoms with Gasteiger partial charge in [-0.2, -0.15) is 0 Å². The Labute approximate surface area is 118 Å². The predicted molar refractivity (Wildman–Crippen MR) is 73.4 cm³/mol. The number of carbonyl (C=O) groups is 2. The second-order valence-electron chi connectivity index (χ2n) is 2.73. The van der Waals surface area contributed by atoms with E-state index in [1.807, 2.05) is 0 Å². The molecule has 0 unspecified atom stereocenters. The molecule has 0 aromatic carbocycles. The van der Waals surface area contributed by atoms with Crippen molar-refractivity contribution in [2.45, 2.75) is 0 Å². The van der Waals surface area contributed by atoms with Crippen molar-refractivity contribution in [3.05, 3.63) is 19.2 Å². The molecule has 0 atom stereocenters. The van der Waals surface area contributed by atoms with Crippen molar-refractivity contribution in [3.8, 4) is 0 Å². The van der Waals surface area contributed by atoms with E-state index in [0.29, 0.717) is 5.56 Å². The molecule has 0 radical (unpaired) electrons. The lowest BCUT2D eigenvalue weighted by atomic mass is 10.2. The molecule has 0 bridgehead atoms. The van der Waals surface area contributed by atoms with Gasteiger partial charge in [0.15, 0.2) is 5.78 Å². The molecular formula is C9H8Br2O3S2. The highest BCUT2D eigenvalue weighted by Crippen LogP contribution is 2.32. The number of methoxy groups -OCH3 is 1. The van der Waals surface area contributed by atoms with Gasteiger partial charge in [-0.3, -0.25) is 9.59 Å². The molecular weight excluding hydrogens is 380 g/mol. The first kappa shape index (κ1) is 14.2. The molecule has 3 nitrogen and oxygen atoms in total. The molecule has 0 N–H and O–H groups in total. The summed E-state index contributed by atoms with van der Waals surface area (Å²) in [7, 11) is 1.33. The van der Waals surface area contributed by atoms with Gasteiger partial charge in [0, 0.05) is 5.56 Å². The van der Waals surface area contributed by atoms with E-state index in [4.69, 9.17) is 0 Å². The molecule has 0 saturated heterocycles. The van der Waals surface area contributed by atoms with E-state index in [1.54, 1.807) is 6.07 Å². The largest absolute Gasteiger partial charge is 0.468 e. The Kier molecular flexibility index (Phi) is 6.02. The average Bonchev–Trinajstić information content (AvgIpc) is 2.57. The van der Waals surface area contributed by atoms with E-state index in [9.17, 15) is 9.59 Å². The van der Waals surface area contributed by atoms with Gasteiger partial charge in [0.1, 0.15) is 0 Å². The van der Waals surface area contributed by atoms with Gasteiger partial charge in [-0.25, -0.2) is 0 Å². The highest BCUT2D eigenvalue weighted by molar-refractivity contribution is 9.12. The number of hydrogen-bond acceptors (Lipinski definition) is 5. The highest BCUT2D eigenvalue weighted by atomic mass is 79.9. The lowest BCUT2D eigenvalue weighted by molar-refractivity contribution is -0.137. The van der Waals surface area contributed by atoms with Gasteiger partial charge in [-0.1, -0.05) is 0 Å². The van der Waals surface area contributed by atoms with Crippen LogP contribution in [0, 0.1) is 0 Å². The molecule has 7 heteroatoms. The quantitative estimate of drug-likeness (QED) is 0.573. The number of Topliss-reactive ketones (excluding diaryl/α,β-unsaturated/α-hetero) is 1. The fourth-order valence-corrected chi connectivity index (χ4v) is 4.48. The predicted octanol–water partition coefficient (Wildman–Crippen LogP) is 3.36. The standard InChI is InChI=1S/C9H8Br2O3S2/c1-14-8(13)4-15-3-6(12)5-2-7(10)16-9(5)11/h2H,3-4H2,1H3. The number of hydrogen-bond donors (Lipinski definition) is 0. The summed E-state index contributed by atoms with van der Waals surface area (Å²) in [5.41, 5.74) is 0.647. The zero-order chi connectivity index (χ0) is 12.1. The van der Waals surface area contributed by atoms with Crippen molar-refractivity contribution in [2.75, 3.05) is 18.6 Å². The smallest absolute Gasteiger partial charge is 0.315 e. The molecule has 1 aromatic rings. The number of halogens is 2. The van der Waals surface area contributed by atoms with Gasteiger partial charge in [-0.15, -0.1) is 23.1 Å². The van der Waals surface area contributed by atoms with Gasteiger partial charge in [0.25, 0.3) is 0 Å². The van der Waals surface area contributed by atoms with Crippen LogP contribution >= 0.6 is 55.0 Å². The number of ketones is 1. The lowest BCUT2D eigenvalue weighted by Gasteiger charge is -1.99. The fourth-order valence-electron chi connectivity index (χ4n) is 0.894. The van der Waals surface area contributed by atoms with Crippen molar-refractivity contribution in [1.29, 1.82) is 0 Å². The van der Waals surface area contributed by atoms with E-state index in [0.717, 1.165) is 7.57 Å². The fraction of sp³-hybridized carbons (Fsp3) is 0.333. The van der Waals surface area contributed by atoms with Gasteiger partial charge in [0.05, 0.1) is 26.2 Å². The summed E-state index contributed by atoms with van der Waals surface area (Å²) >= 11 is 9.33. The van der Waals surface area contributed by atoms with Gasteiger partial charge in [0.2, 0.25) is 0 Å². The third kappa shape index (κ3) is 4.20. The molecule has 0 saturated carbocycles. The minimum Gasteiger partial charge on any atom is -0.468 e. The van der Waals surface area contributed by atoms with Crippen LogP contribution in [0.3, 0.4) is 0 Å². The van der Waals surface area contributed by atoms with Crippen LogP contribution in [-0.2, 0) is 9.53 Å². The van der Waals surface area contributed by atoms with Gasteiger partial charge >= 0.3 is 5.97 Å². The maximum absolute atomic E-state index is 11.7. The van der Waals surface area contributed by atoms with Gasteiger partial charge < -0.3 is 4.74 Å². The number of rotatable bonds is 5. The summed E-state index contributed by atoms with van der Waals surface area (Å²) in [5, 5.41) is 0. The first-order valence-electron chi connectivity index (χ1n) is 4.17. The van der Waals surface area contributed by atoms with Crippen LogP contribution in [0.1, 0.15) is 10.4 Å². The SMILES string of the molecule is COC(=O)CSCC(=O)c1cc(Br)sc1Br. The molecule has 88 valence electrons. The Hall–Kier alpha value is 0.150. The molecule has 0 amide bonds. The molecule has 1 heterocycles. The molecule has 1 rings (SSSR count). The van der Waals surface area contributed by atoms with Crippen LogP contribution in [-0.4, -0.2) is 30.4 Å². The summed E-state index contributed by atoms with van der Waals surface area (Å²) < 4.78 is 6.19. The molecule has 1 aromatic heterocycles. The molecule has 0 aliphatic heterocycles. The third-order valence-electron chi connectivity index (χ3n) is 1.64. The Bertz CT molecular complexity index is 403. The van der Waals surface area contributed by atoms with Crippen molar-refractivity contribution in [3.63, 3.8) is 0 Å². The summed E-state index contributed by atoms with van der Waals surface area (Å²) in [6.07, 6.45) is 0. The van der Waals surface area contributed by atoms with E-state index in [1.165, 1.54) is 30.2 Å². The summed E-state index contributed by atoms with van der Waals surface area (Å²) in [6, 6.07) is 1.77. The average molecular weight is 388 g/mol. The molecule has 0 spiro atoms. The number of esters is 1. The zero-order valence-corrected chi connectivity index (χ0v) is 13.1. The molecule has 16 heavy (non-hydrogen) atoms. The van der Waals surface area contributed by atoms with E-state index in [-0.39, 0.29) is 23.3 Å². The molecule has 0 aliphatic carbocycles. The minimum absolute atomic E-state index is 0.00253. The second-order valence-corrected chi connectivity index (χ2v) is 7.46. The van der Waals surface area contributed by atoms with Crippen LogP contribution in [0.15, 0.2) is 13.6 Å². The van der Waals surface area contributed by atoms with E-state index < -0.39 is 0 Å². The van der Waals surface area contributed by atoms with Crippen LogP contribution in [0.5, 0.6) is 0 Å². The summed E-state index contributed by atoms with van der Waals surface area (Å²) in [6.45, 7) is 0. The number of thioether (sulfide) groups is 1. The van der Waals surface area contributed by atoms with Crippen molar-refractivity contribution in [2.24, 2.45) is 0 Å². The monoisotopic (exact) mass is 386 g/mol. The lowest BCUT2D eigenvalue weighted by Crippen LogP contribution is -2.07. The Morgan fingerprint density at radius 2 is 2.12 bits per heavy atom. The van der Waals surface area contributed by atoms with Crippen LogP contribution in [0.4, 0.5) is 0 Å². The maximum atomic E-state index is 11.7. The van der Waals surface area contributed by atoms with Crippen molar-refractivity contribution in [1.82, 2.24) is 0 Å². The maximum Gasteiger partial charge on any atom is 0.315 e. The van der Waals surface area contributed by atoms with Gasteiger partial charge in [-0.05, 0) is 37.9 Å². The van der Waals surface area contributed by atoms with Crippen LogP contribution < -0.4 is 0 Å². The highest BCUT2D eigenvalue weighted by Gasteiger charge is 2.14.